The molecule has 1 atom stereocenters. The van der Waals surface area contributed by atoms with E-state index in [0.717, 1.165) is 6.07 Å². The molecule has 1 heterocycles. The van der Waals surface area contributed by atoms with Crippen LogP contribution in [-0.2, 0) is 12.7 Å². The molecule has 0 unspecified atom stereocenters. The van der Waals surface area contributed by atoms with Gasteiger partial charge in [-0.2, -0.15) is 13.2 Å². The summed E-state index contributed by atoms with van der Waals surface area (Å²) in [6, 6.07) is 1.39. The molecular weight excluding hydrogens is 329 g/mol. The van der Waals surface area contributed by atoms with Crippen molar-refractivity contribution in [1.29, 1.82) is 0 Å². The first-order valence-corrected chi connectivity index (χ1v) is 6.80. The van der Waals surface area contributed by atoms with Crippen LogP contribution in [0.3, 0.4) is 0 Å². The summed E-state index contributed by atoms with van der Waals surface area (Å²) in [6.07, 6.45) is 0.0240. The molecule has 0 aliphatic rings. The number of carbonyl (C=O) groups excluding carboxylic acids is 1. The first-order valence-electron chi connectivity index (χ1n) is 6.80. The van der Waals surface area contributed by atoms with Crippen LogP contribution < -0.4 is 5.32 Å². The van der Waals surface area contributed by atoms with E-state index in [1.807, 2.05) is 0 Å². The third-order valence-electron chi connectivity index (χ3n) is 3.19. The van der Waals surface area contributed by atoms with Gasteiger partial charge in [0.1, 0.15) is 5.56 Å². The highest BCUT2D eigenvalue weighted by Crippen LogP contribution is 2.33. The Balaban J connectivity index is 2.20. The highest BCUT2D eigenvalue weighted by Gasteiger charge is 2.34. The molecule has 2 aromatic rings. The summed E-state index contributed by atoms with van der Waals surface area (Å²) in [5.41, 5.74) is -2.50. The monoisotopic (exact) mass is 342 g/mol. The third kappa shape index (κ3) is 4.09. The minimum atomic E-state index is -4.73. The number of rotatable bonds is 5. The van der Waals surface area contributed by atoms with Crippen molar-refractivity contribution in [3.63, 3.8) is 0 Å². The topological polar surface area (TPSA) is 90.1 Å². The predicted molar refractivity (Wildman–Crippen MR) is 77.3 cm³/mol. The number of alkyl halides is 3. The molecule has 7 nitrogen and oxygen atoms in total. The second kappa shape index (κ2) is 6.69. The molecule has 0 saturated carbocycles. The van der Waals surface area contributed by atoms with Crippen molar-refractivity contribution in [3.05, 3.63) is 58.2 Å². The van der Waals surface area contributed by atoms with Crippen LogP contribution in [-0.4, -0.2) is 26.4 Å². The van der Waals surface area contributed by atoms with E-state index in [9.17, 15) is 28.1 Å². The second-order valence-electron chi connectivity index (χ2n) is 5.12. The Bertz CT molecular complexity index is 744. The number of benzene rings is 1. The van der Waals surface area contributed by atoms with Crippen molar-refractivity contribution in [3.8, 4) is 0 Å². The van der Waals surface area contributed by atoms with Crippen LogP contribution in [0.1, 0.15) is 22.8 Å². The Labute approximate surface area is 134 Å². The highest BCUT2D eigenvalue weighted by atomic mass is 19.4. The fourth-order valence-electron chi connectivity index (χ4n) is 2.11. The number of nitro benzene ring substituents is 1. The van der Waals surface area contributed by atoms with E-state index in [2.05, 4.69) is 10.3 Å². The summed E-state index contributed by atoms with van der Waals surface area (Å²) in [7, 11) is 0. The lowest BCUT2D eigenvalue weighted by Crippen LogP contribution is -2.35. The zero-order chi connectivity index (χ0) is 17.9. The largest absolute Gasteiger partial charge is 0.416 e. The number of aromatic nitrogens is 2. The first kappa shape index (κ1) is 17.4. The molecule has 10 heteroatoms. The highest BCUT2D eigenvalue weighted by molar-refractivity contribution is 5.98. The molecule has 0 saturated heterocycles. The van der Waals surface area contributed by atoms with Crippen molar-refractivity contribution in [2.75, 3.05) is 0 Å². The smallest absolute Gasteiger partial charge is 0.348 e. The zero-order valence-corrected chi connectivity index (χ0v) is 12.4. The standard InChI is InChI=1S/C14H13F3N4O3/c1-9(7-20-5-4-18-8-20)19-13(22)11-3-2-10(14(15,16)17)6-12(11)21(23)24/h2-6,8-9H,7H2,1H3,(H,19,22)/t9-/m0/s1. The molecule has 0 fully saturated rings. The molecule has 0 radical (unpaired) electrons. The lowest BCUT2D eigenvalue weighted by molar-refractivity contribution is -0.385. The van der Waals surface area contributed by atoms with Gasteiger partial charge in [0.25, 0.3) is 11.6 Å². The molecule has 1 aromatic carbocycles. The van der Waals surface area contributed by atoms with E-state index in [1.165, 1.54) is 6.33 Å². The number of carbonyl (C=O) groups is 1. The SMILES string of the molecule is C[C@@H](Cn1ccnc1)NC(=O)c1ccc(C(F)(F)F)cc1[N+](=O)[O-]. The maximum atomic E-state index is 12.7. The normalized spacial score (nSPS) is 12.7. The molecule has 2 rings (SSSR count). The summed E-state index contributed by atoms with van der Waals surface area (Å²) >= 11 is 0. The number of halogens is 3. The third-order valence-corrected chi connectivity index (χ3v) is 3.19. The predicted octanol–water partition coefficient (Wildman–Crippen LogP) is 2.63. The van der Waals surface area contributed by atoms with Crippen molar-refractivity contribution in [1.82, 2.24) is 14.9 Å². The van der Waals surface area contributed by atoms with Crippen LogP contribution in [0.2, 0.25) is 0 Å². The maximum Gasteiger partial charge on any atom is 0.416 e. The lowest BCUT2D eigenvalue weighted by Gasteiger charge is -2.15. The van der Waals surface area contributed by atoms with Crippen molar-refractivity contribution in [2.24, 2.45) is 0 Å². The van der Waals surface area contributed by atoms with E-state index in [4.69, 9.17) is 0 Å². The Morgan fingerprint density at radius 1 is 1.46 bits per heavy atom. The van der Waals surface area contributed by atoms with E-state index in [-0.39, 0.29) is 0 Å². The van der Waals surface area contributed by atoms with Gasteiger partial charge in [-0.05, 0) is 19.1 Å². The molecule has 1 N–H and O–H groups in total. The number of hydrogen-bond acceptors (Lipinski definition) is 4. The summed E-state index contributed by atoms with van der Waals surface area (Å²) < 4.78 is 39.6. The lowest BCUT2D eigenvalue weighted by atomic mass is 10.1. The number of amides is 1. The summed E-state index contributed by atoms with van der Waals surface area (Å²) in [4.78, 5) is 26.0. The molecule has 24 heavy (non-hydrogen) atoms. The van der Waals surface area contributed by atoms with Gasteiger partial charge in [-0.15, -0.1) is 0 Å². The van der Waals surface area contributed by atoms with Crippen LogP contribution in [0, 0.1) is 10.1 Å². The molecule has 0 spiro atoms. The van der Waals surface area contributed by atoms with Crippen molar-refractivity contribution in [2.45, 2.75) is 25.7 Å². The quantitative estimate of drug-likeness (QED) is 0.668. The van der Waals surface area contributed by atoms with Crippen molar-refractivity contribution >= 4 is 11.6 Å². The van der Waals surface area contributed by atoms with Gasteiger partial charge < -0.3 is 9.88 Å². The number of hydrogen-bond donors (Lipinski definition) is 1. The summed E-state index contributed by atoms with van der Waals surface area (Å²) in [5, 5.41) is 13.5. The van der Waals surface area contributed by atoms with Gasteiger partial charge >= 0.3 is 6.18 Å². The molecule has 1 amide bonds. The van der Waals surface area contributed by atoms with Crippen LogP contribution in [0.5, 0.6) is 0 Å². The number of nitrogens with zero attached hydrogens (tertiary/aromatic N) is 3. The van der Waals surface area contributed by atoms with E-state index < -0.39 is 39.9 Å². The Morgan fingerprint density at radius 2 is 2.17 bits per heavy atom. The summed E-state index contributed by atoms with van der Waals surface area (Å²) in [6.45, 7) is 2.02. The van der Waals surface area contributed by atoms with Gasteiger partial charge in [-0.25, -0.2) is 4.98 Å². The molecule has 128 valence electrons. The number of nitrogens with one attached hydrogen (secondary N) is 1. The Morgan fingerprint density at radius 3 is 2.71 bits per heavy atom. The fraction of sp³-hybridized carbons (Fsp3) is 0.286. The minimum Gasteiger partial charge on any atom is -0.348 e. The van der Waals surface area contributed by atoms with Crippen LogP contribution >= 0.6 is 0 Å². The average Bonchev–Trinajstić information content (AvgIpc) is 2.98. The fourth-order valence-corrected chi connectivity index (χ4v) is 2.11. The minimum absolute atomic E-state index is 0.357. The average molecular weight is 342 g/mol. The van der Waals surface area contributed by atoms with Gasteiger partial charge in [-0.3, -0.25) is 14.9 Å². The number of nitro groups is 1. The second-order valence-corrected chi connectivity index (χ2v) is 5.12. The van der Waals surface area contributed by atoms with Crippen LogP contribution in [0.15, 0.2) is 36.9 Å². The van der Waals surface area contributed by atoms with E-state index >= 15 is 0 Å². The molecule has 0 aliphatic heterocycles. The van der Waals surface area contributed by atoms with Gasteiger partial charge in [-0.1, -0.05) is 0 Å². The van der Waals surface area contributed by atoms with E-state index in [0.29, 0.717) is 18.7 Å². The first-order chi connectivity index (χ1) is 11.2. The zero-order valence-electron chi connectivity index (χ0n) is 12.4. The molecular formula is C14H13F3N4O3. The Kier molecular flexibility index (Phi) is 4.86. The summed E-state index contributed by atoms with van der Waals surface area (Å²) in [5.74, 6) is -0.817. The maximum absolute atomic E-state index is 12.7. The van der Waals surface area contributed by atoms with Gasteiger partial charge in [0.2, 0.25) is 0 Å². The van der Waals surface area contributed by atoms with Crippen LogP contribution in [0.4, 0.5) is 18.9 Å². The molecule has 1 aromatic heterocycles. The molecule has 0 bridgehead atoms. The van der Waals surface area contributed by atoms with E-state index in [1.54, 1.807) is 23.9 Å². The van der Waals surface area contributed by atoms with Gasteiger partial charge in [0.15, 0.2) is 0 Å². The van der Waals surface area contributed by atoms with Crippen LogP contribution in [0.25, 0.3) is 0 Å². The molecule has 0 aliphatic carbocycles. The van der Waals surface area contributed by atoms with Gasteiger partial charge in [0.05, 0.1) is 16.8 Å². The number of imidazole rings is 1. The van der Waals surface area contributed by atoms with Crippen molar-refractivity contribution < 1.29 is 22.9 Å². The Hall–Kier alpha value is -2.91. The van der Waals surface area contributed by atoms with Gasteiger partial charge in [0, 0.05) is 31.0 Å².